The number of nitrogens with one attached hydrogen (secondary N) is 1. The van der Waals surface area contributed by atoms with Crippen LogP contribution in [0.1, 0.15) is 33.2 Å². The van der Waals surface area contributed by atoms with Gasteiger partial charge in [-0.15, -0.1) is 22.7 Å². The summed E-state index contributed by atoms with van der Waals surface area (Å²) in [5.41, 5.74) is 1.44. The fourth-order valence-electron chi connectivity index (χ4n) is 1.76. The van der Waals surface area contributed by atoms with Crippen molar-refractivity contribution < 1.29 is 0 Å². The van der Waals surface area contributed by atoms with Crippen molar-refractivity contribution in [3.8, 4) is 0 Å². The maximum Gasteiger partial charge on any atom is 0.0388 e. The van der Waals surface area contributed by atoms with E-state index >= 15 is 0 Å². The molecule has 1 atom stereocenters. The quantitative estimate of drug-likeness (QED) is 0.855. The Kier molecular flexibility index (Phi) is 3.79. The first kappa shape index (κ1) is 11.8. The molecule has 0 fully saturated rings. The monoisotopic (exact) mass is 251 g/mol. The van der Waals surface area contributed by atoms with Crippen molar-refractivity contribution in [2.24, 2.45) is 0 Å². The second kappa shape index (κ2) is 5.13. The van der Waals surface area contributed by atoms with E-state index in [0.717, 1.165) is 6.54 Å². The Balaban J connectivity index is 1.95. The standard InChI is InChI=1S/C13H17NS2/c1-9-7-12(11(3)16-9)8-14-10(2)13-5-4-6-15-13/h4-7,10,14H,8H2,1-3H3/t10-/m1/s1. The molecule has 0 saturated carbocycles. The first-order valence-electron chi connectivity index (χ1n) is 5.49. The molecule has 0 saturated heterocycles. The van der Waals surface area contributed by atoms with E-state index in [2.05, 4.69) is 49.7 Å². The fourth-order valence-corrected chi connectivity index (χ4v) is 3.47. The molecule has 0 bridgehead atoms. The second-order valence-corrected chi connectivity index (χ2v) is 6.50. The van der Waals surface area contributed by atoms with Crippen LogP contribution in [0.5, 0.6) is 0 Å². The van der Waals surface area contributed by atoms with Gasteiger partial charge in [-0.2, -0.15) is 0 Å². The fraction of sp³-hybridized carbons (Fsp3) is 0.385. The van der Waals surface area contributed by atoms with E-state index in [1.807, 2.05) is 22.7 Å². The Bertz CT molecular complexity index is 442. The Morgan fingerprint density at radius 3 is 2.75 bits per heavy atom. The van der Waals surface area contributed by atoms with E-state index in [1.165, 1.54) is 20.2 Å². The lowest BCUT2D eigenvalue weighted by atomic mass is 10.2. The van der Waals surface area contributed by atoms with Gasteiger partial charge < -0.3 is 5.32 Å². The zero-order valence-electron chi connectivity index (χ0n) is 9.91. The maximum absolute atomic E-state index is 3.57. The predicted octanol–water partition coefficient (Wildman–Crippen LogP) is 4.28. The highest BCUT2D eigenvalue weighted by molar-refractivity contribution is 7.12. The molecule has 0 aliphatic rings. The van der Waals surface area contributed by atoms with Crippen LogP contribution in [-0.4, -0.2) is 0 Å². The largest absolute Gasteiger partial charge is 0.305 e. The first-order chi connectivity index (χ1) is 7.66. The molecule has 3 heteroatoms. The normalized spacial score (nSPS) is 12.9. The van der Waals surface area contributed by atoms with Gasteiger partial charge in [0.2, 0.25) is 0 Å². The number of hydrogen-bond donors (Lipinski definition) is 1. The smallest absolute Gasteiger partial charge is 0.0388 e. The Hall–Kier alpha value is -0.640. The molecule has 0 aliphatic carbocycles. The summed E-state index contributed by atoms with van der Waals surface area (Å²) < 4.78 is 0. The number of hydrogen-bond acceptors (Lipinski definition) is 3. The van der Waals surface area contributed by atoms with Crippen LogP contribution < -0.4 is 5.32 Å². The van der Waals surface area contributed by atoms with Crippen LogP contribution >= 0.6 is 22.7 Å². The van der Waals surface area contributed by atoms with Crippen molar-refractivity contribution in [1.29, 1.82) is 0 Å². The van der Waals surface area contributed by atoms with Crippen LogP contribution in [0.4, 0.5) is 0 Å². The zero-order valence-corrected chi connectivity index (χ0v) is 11.5. The van der Waals surface area contributed by atoms with Gasteiger partial charge in [0.05, 0.1) is 0 Å². The lowest BCUT2D eigenvalue weighted by Gasteiger charge is -2.11. The van der Waals surface area contributed by atoms with E-state index in [-0.39, 0.29) is 0 Å². The van der Waals surface area contributed by atoms with E-state index in [0.29, 0.717) is 6.04 Å². The molecule has 0 amide bonds. The molecule has 0 aromatic carbocycles. The summed E-state index contributed by atoms with van der Waals surface area (Å²) in [4.78, 5) is 4.24. The minimum Gasteiger partial charge on any atom is -0.305 e. The summed E-state index contributed by atoms with van der Waals surface area (Å²) in [5.74, 6) is 0. The van der Waals surface area contributed by atoms with E-state index in [9.17, 15) is 0 Å². The Labute approximate surface area is 105 Å². The van der Waals surface area contributed by atoms with Crippen LogP contribution in [0.2, 0.25) is 0 Å². The summed E-state index contributed by atoms with van der Waals surface area (Å²) in [7, 11) is 0. The average molecular weight is 251 g/mol. The summed E-state index contributed by atoms with van der Waals surface area (Å²) in [6.07, 6.45) is 0. The molecule has 0 spiro atoms. The van der Waals surface area contributed by atoms with Gasteiger partial charge in [0.15, 0.2) is 0 Å². The van der Waals surface area contributed by atoms with Crippen LogP contribution in [0, 0.1) is 13.8 Å². The average Bonchev–Trinajstić information content (AvgIpc) is 2.84. The highest BCUT2D eigenvalue weighted by Gasteiger charge is 2.07. The van der Waals surface area contributed by atoms with Crippen molar-refractivity contribution in [3.63, 3.8) is 0 Å². The topological polar surface area (TPSA) is 12.0 Å². The minimum atomic E-state index is 0.444. The molecule has 2 aromatic heterocycles. The maximum atomic E-state index is 3.57. The third-order valence-corrected chi connectivity index (χ3v) is 4.78. The van der Waals surface area contributed by atoms with Gasteiger partial charge in [-0.3, -0.25) is 0 Å². The van der Waals surface area contributed by atoms with Gasteiger partial charge in [0.25, 0.3) is 0 Å². The highest BCUT2D eigenvalue weighted by Crippen LogP contribution is 2.22. The van der Waals surface area contributed by atoms with Crippen LogP contribution in [0.3, 0.4) is 0 Å². The molecule has 2 rings (SSSR count). The third-order valence-electron chi connectivity index (χ3n) is 2.71. The number of rotatable bonds is 4. The van der Waals surface area contributed by atoms with Gasteiger partial charge in [-0.25, -0.2) is 0 Å². The second-order valence-electron chi connectivity index (χ2n) is 4.06. The van der Waals surface area contributed by atoms with Crippen LogP contribution in [-0.2, 0) is 6.54 Å². The zero-order chi connectivity index (χ0) is 11.5. The molecule has 0 unspecified atom stereocenters. The molecular weight excluding hydrogens is 234 g/mol. The number of thiophene rings is 2. The number of aryl methyl sites for hydroxylation is 2. The van der Waals surface area contributed by atoms with E-state index < -0.39 is 0 Å². The molecule has 16 heavy (non-hydrogen) atoms. The van der Waals surface area contributed by atoms with Gasteiger partial charge in [-0.1, -0.05) is 6.07 Å². The summed E-state index contributed by atoms with van der Waals surface area (Å²) in [6.45, 7) is 7.56. The van der Waals surface area contributed by atoms with Crippen molar-refractivity contribution in [3.05, 3.63) is 43.8 Å². The molecule has 86 valence electrons. The summed E-state index contributed by atoms with van der Waals surface area (Å²) >= 11 is 3.70. The van der Waals surface area contributed by atoms with E-state index in [1.54, 1.807) is 0 Å². The molecule has 1 nitrogen and oxygen atoms in total. The molecule has 0 radical (unpaired) electrons. The molecule has 2 aromatic rings. The molecule has 2 heterocycles. The van der Waals surface area contributed by atoms with Gasteiger partial charge in [-0.05, 0) is 43.8 Å². The van der Waals surface area contributed by atoms with Crippen molar-refractivity contribution >= 4 is 22.7 Å². The SMILES string of the molecule is Cc1cc(CN[C@H](C)c2cccs2)c(C)s1. The lowest BCUT2D eigenvalue weighted by molar-refractivity contribution is 0.582. The minimum absolute atomic E-state index is 0.444. The van der Waals surface area contributed by atoms with Gasteiger partial charge in [0, 0.05) is 27.2 Å². The van der Waals surface area contributed by atoms with Gasteiger partial charge >= 0.3 is 0 Å². The lowest BCUT2D eigenvalue weighted by Crippen LogP contribution is -2.17. The van der Waals surface area contributed by atoms with Crippen molar-refractivity contribution in [2.45, 2.75) is 33.4 Å². The summed E-state index contributed by atoms with van der Waals surface area (Å²) in [5, 5.41) is 5.70. The summed E-state index contributed by atoms with van der Waals surface area (Å²) in [6, 6.07) is 7.03. The Morgan fingerprint density at radius 2 is 2.19 bits per heavy atom. The van der Waals surface area contributed by atoms with Crippen LogP contribution in [0.15, 0.2) is 23.6 Å². The first-order valence-corrected chi connectivity index (χ1v) is 7.19. The van der Waals surface area contributed by atoms with Crippen LogP contribution in [0.25, 0.3) is 0 Å². The van der Waals surface area contributed by atoms with Crippen molar-refractivity contribution in [2.75, 3.05) is 0 Å². The third kappa shape index (κ3) is 2.73. The van der Waals surface area contributed by atoms with Gasteiger partial charge in [0.1, 0.15) is 0 Å². The molecule has 1 N–H and O–H groups in total. The van der Waals surface area contributed by atoms with E-state index in [4.69, 9.17) is 0 Å². The Morgan fingerprint density at radius 1 is 1.38 bits per heavy atom. The molecule has 0 aliphatic heterocycles. The molecular formula is C13H17NS2. The predicted molar refractivity (Wildman–Crippen MR) is 73.4 cm³/mol. The van der Waals surface area contributed by atoms with Crippen molar-refractivity contribution in [1.82, 2.24) is 5.32 Å². The highest BCUT2D eigenvalue weighted by atomic mass is 32.1.